The maximum atomic E-state index is 4.27. The van der Waals surface area contributed by atoms with Crippen molar-refractivity contribution in [1.29, 1.82) is 0 Å². The lowest BCUT2D eigenvalue weighted by atomic mass is 10.1. The van der Waals surface area contributed by atoms with E-state index >= 15 is 0 Å². The van der Waals surface area contributed by atoms with Gasteiger partial charge in [-0.2, -0.15) is 11.8 Å². The van der Waals surface area contributed by atoms with E-state index in [9.17, 15) is 0 Å². The van der Waals surface area contributed by atoms with E-state index in [1.165, 1.54) is 29.7 Å². The topological polar surface area (TPSA) is 36.4 Å². The molecular weight excluding hydrogens is 266 g/mol. The molecule has 0 aliphatic heterocycles. The van der Waals surface area contributed by atoms with Gasteiger partial charge in [0.05, 0.1) is 0 Å². The molecule has 0 spiro atoms. The summed E-state index contributed by atoms with van der Waals surface area (Å²) in [6, 6.07) is 8.56. The van der Waals surface area contributed by atoms with E-state index in [0.29, 0.717) is 0 Å². The Labute approximate surface area is 127 Å². The van der Waals surface area contributed by atoms with E-state index in [-0.39, 0.29) is 0 Å². The van der Waals surface area contributed by atoms with Gasteiger partial charge in [0.2, 0.25) is 0 Å². The first-order chi connectivity index (χ1) is 9.81. The summed E-state index contributed by atoms with van der Waals surface area (Å²) in [6.45, 7) is 4.00. The highest BCUT2D eigenvalue weighted by atomic mass is 32.2. The summed E-state index contributed by atoms with van der Waals surface area (Å²) >= 11 is 1.90. The molecule has 20 heavy (non-hydrogen) atoms. The molecule has 0 aliphatic rings. The summed E-state index contributed by atoms with van der Waals surface area (Å²) in [5.41, 5.74) is 2.75. The van der Waals surface area contributed by atoms with E-state index in [4.69, 9.17) is 0 Å². The Balaban J connectivity index is 2.34. The number of guanidine groups is 1. The van der Waals surface area contributed by atoms with Crippen LogP contribution < -0.4 is 10.6 Å². The zero-order valence-corrected chi connectivity index (χ0v) is 13.7. The molecule has 1 rings (SSSR count). The molecule has 0 aliphatic carbocycles. The van der Waals surface area contributed by atoms with Gasteiger partial charge >= 0.3 is 0 Å². The summed E-state index contributed by atoms with van der Waals surface area (Å²) in [4.78, 5) is 4.27. The van der Waals surface area contributed by atoms with Crippen LogP contribution in [0.5, 0.6) is 0 Å². The van der Waals surface area contributed by atoms with Gasteiger partial charge in [0.25, 0.3) is 0 Å². The predicted molar refractivity (Wildman–Crippen MR) is 91.6 cm³/mol. The third-order valence-electron chi connectivity index (χ3n) is 3.24. The van der Waals surface area contributed by atoms with Crippen molar-refractivity contribution in [3.05, 3.63) is 35.4 Å². The molecule has 0 fully saturated rings. The third kappa shape index (κ3) is 6.33. The fourth-order valence-corrected chi connectivity index (χ4v) is 2.55. The predicted octanol–water partition coefficient (Wildman–Crippen LogP) is 3.06. The molecule has 3 nitrogen and oxygen atoms in total. The molecule has 0 radical (unpaired) electrons. The third-order valence-corrected chi connectivity index (χ3v) is 3.93. The Hall–Kier alpha value is -1.16. The van der Waals surface area contributed by atoms with Gasteiger partial charge in [0.15, 0.2) is 5.96 Å². The fourth-order valence-electron chi connectivity index (χ4n) is 2.05. The highest BCUT2D eigenvalue weighted by Gasteiger charge is 2.01. The van der Waals surface area contributed by atoms with E-state index in [2.05, 4.69) is 53.1 Å². The number of unbranched alkanes of at least 4 members (excludes halogenated alkanes) is 1. The lowest BCUT2D eigenvalue weighted by molar-refractivity contribution is 0.732. The molecule has 0 bridgehead atoms. The normalized spacial score (nSPS) is 11.4. The average Bonchev–Trinajstić information content (AvgIpc) is 2.50. The number of hydrogen-bond acceptors (Lipinski definition) is 2. The van der Waals surface area contributed by atoms with Gasteiger partial charge in [-0.3, -0.25) is 4.99 Å². The molecule has 4 heteroatoms. The molecule has 2 N–H and O–H groups in total. The van der Waals surface area contributed by atoms with Crippen molar-refractivity contribution in [3.63, 3.8) is 0 Å². The molecule has 0 saturated carbocycles. The minimum atomic E-state index is 0.828. The smallest absolute Gasteiger partial charge is 0.191 e. The van der Waals surface area contributed by atoms with Crippen LogP contribution >= 0.6 is 11.8 Å². The van der Waals surface area contributed by atoms with Crippen LogP contribution in [0, 0.1) is 0 Å². The molecule has 0 heterocycles. The van der Waals surface area contributed by atoms with Crippen LogP contribution in [0.4, 0.5) is 0 Å². The first-order valence-corrected chi connectivity index (χ1v) is 8.71. The minimum absolute atomic E-state index is 0.828. The molecular formula is C16H27N3S. The monoisotopic (exact) mass is 293 g/mol. The highest BCUT2D eigenvalue weighted by Crippen LogP contribution is 2.08. The number of aryl methyl sites for hydroxylation is 1. The largest absolute Gasteiger partial charge is 0.356 e. The second-order valence-corrected chi connectivity index (χ2v) is 5.66. The standard InChI is InChI=1S/C16H27N3S/c1-4-14-9-5-6-10-15(14)13-19-16(17-2)18-11-7-8-12-20-3/h5-6,9-10H,4,7-8,11-13H2,1-3H3,(H2,17,18,19). The average molecular weight is 293 g/mol. The molecule has 112 valence electrons. The van der Waals surface area contributed by atoms with Gasteiger partial charge in [-0.05, 0) is 42.4 Å². The maximum absolute atomic E-state index is 4.27. The van der Waals surface area contributed by atoms with E-state index < -0.39 is 0 Å². The zero-order chi connectivity index (χ0) is 14.6. The number of nitrogens with one attached hydrogen (secondary N) is 2. The number of nitrogens with zero attached hydrogens (tertiary/aromatic N) is 1. The van der Waals surface area contributed by atoms with Crippen molar-refractivity contribution in [3.8, 4) is 0 Å². The van der Waals surface area contributed by atoms with Crippen LogP contribution in [-0.2, 0) is 13.0 Å². The molecule has 1 aromatic rings. The van der Waals surface area contributed by atoms with Gasteiger partial charge in [-0.25, -0.2) is 0 Å². The Morgan fingerprint density at radius 3 is 2.55 bits per heavy atom. The summed E-state index contributed by atoms with van der Waals surface area (Å²) in [5.74, 6) is 2.12. The Kier molecular flexibility index (Phi) is 8.96. The van der Waals surface area contributed by atoms with Crippen LogP contribution in [0.25, 0.3) is 0 Å². The number of hydrogen-bond donors (Lipinski definition) is 2. The van der Waals surface area contributed by atoms with Crippen LogP contribution in [0.1, 0.15) is 30.9 Å². The molecule has 0 saturated heterocycles. The van der Waals surface area contributed by atoms with Crippen molar-refractivity contribution in [2.75, 3.05) is 25.6 Å². The molecule has 0 aromatic heterocycles. The van der Waals surface area contributed by atoms with Crippen LogP contribution in [0.2, 0.25) is 0 Å². The molecule has 0 amide bonds. The van der Waals surface area contributed by atoms with Crippen LogP contribution in [-0.4, -0.2) is 31.6 Å². The van der Waals surface area contributed by atoms with Gasteiger partial charge in [-0.15, -0.1) is 0 Å². The molecule has 0 atom stereocenters. The SMILES string of the molecule is CCc1ccccc1CNC(=NC)NCCCCSC. The molecule has 0 unspecified atom stereocenters. The van der Waals surface area contributed by atoms with Crippen molar-refractivity contribution < 1.29 is 0 Å². The van der Waals surface area contributed by atoms with E-state index in [1.807, 2.05) is 18.8 Å². The highest BCUT2D eigenvalue weighted by molar-refractivity contribution is 7.98. The quantitative estimate of drug-likeness (QED) is 0.439. The number of aliphatic imine (C=N–C) groups is 1. The van der Waals surface area contributed by atoms with Gasteiger partial charge in [0.1, 0.15) is 0 Å². The van der Waals surface area contributed by atoms with Crippen molar-refractivity contribution >= 4 is 17.7 Å². The van der Waals surface area contributed by atoms with Crippen LogP contribution in [0.3, 0.4) is 0 Å². The summed E-state index contributed by atoms with van der Waals surface area (Å²) < 4.78 is 0. The van der Waals surface area contributed by atoms with Crippen molar-refractivity contribution in [2.45, 2.75) is 32.7 Å². The zero-order valence-electron chi connectivity index (χ0n) is 12.9. The second-order valence-electron chi connectivity index (χ2n) is 4.67. The maximum Gasteiger partial charge on any atom is 0.191 e. The molecule has 1 aromatic carbocycles. The van der Waals surface area contributed by atoms with Gasteiger partial charge in [-0.1, -0.05) is 31.2 Å². The minimum Gasteiger partial charge on any atom is -0.356 e. The van der Waals surface area contributed by atoms with E-state index in [0.717, 1.165) is 25.5 Å². The summed E-state index contributed by atoms with van der Waals surface area (Å²) in [7, 11) is 1.82. The first kappa shape index (κ1) is 16.9. The Morgan fingerprint density at radius 1 is 1.15 bits per heavy atom. The van der Waals surface area contributed by atoms with Crippen molar-refractivity contribution in [1.82, 2.24) is 10.6 Å². The second kappa shape index (κ2) is 10.6. The Morgan fingerprint density at radius 2 is 1.90 bits per heavy atom. The summed E-state index contributed by atoms with van der Waals surface area (Å²) in [6.07, 6.45) is 5.66. The first-order valence-electron chi connectivity index (χ1n) is 7.32. The van der Waals surface area contributed by atoms with Gasteiger partial charge in [0, 0.05) is 20.1 Å². The summed E-state index contributed by atoms with van der Waals surface area (Å²) in [5, 5.41) is 6.75. The Bertz CT molecular complexity index is 404. The lowest BCUT2D eigenvalue weighted by Crippen LogP contribution is -2.37. The number of benzene rings is 1. The van der Waals surface area contributed by atoms with E-state index in [1.54, 1.807) is 0 Å². The van der Waals surface area contributed by atoms with Crippen LogP contribution in [0.15, 0.2) is 29.3 Å². The van der Waals surface area contributed by atoms with Gasteiger partial charge < -0.3 is 10.6 Å². The number of rotatable bonds is 8. The fraction of sp³-hybridized carbons (Fsp3) is 0.562. The number of thioether (sulfide) groups is 1. The van der Waals surface area contributed by atoms with Crippen molar-refractivity contribution in [2.24, 2.45) is 4.99 Å². The lowest BCUT2D eigenvalue weighted by Gasteiger charge is -2.13.